The molecule has 0 aliphatic carbocycles. The van der Waals surface area contributed by atoms with Crippen LogP contribution >= 0.6 is 15.9 Å². The molecule has 0 atom stereocenters. The van der Waals surface area contributed by atoms with Gasteiger partial charge in [-0.05, 0) is 54.2 Å². The van der Waals surface area contributed by atoms with Crippen molar-refractivity contribution in [1.82, 2.24) is 9.80 Å². The van der Waals surface area contributed by atoms with Gasteiger partial charge in [0.2, 0.25) is 11.8 Å². The molecule has 2 rings (SSSR count). The van der Waals surface area contributed by atoms with Gasteiger partial charge in [0.05, 0.1) is 30.1 Å². The second-order valence-electron chi connectivity index (χ2n) is 7.04. The average molecular weight is 469 g/mol. The topological polar surface area (TPSA) is 76.2 Å². The summed E-state index contributed by atoms with van der Waals surface area (Å²) in [4.78, 5) is 39.7. The molecule has 1 aliphatic heterocycles. The Hall–Kier alpha value is -2.09. The van der Waals surface area contributed by atoms with Gasteiger partial charge < -0.3 is 19.3 Å². The second kappa shape index (κ2) is 11.8. The monoisotopic (exact) mass is 468 g/mol. The van der Waals surface area contributed by atoms with Gasteiger partial charge in [-0.3, -0.25) is 14.4 Å². The van der Waals surface area contributed by atoms with Crippen molar-refractivity contribution in [2.45, 2.75) is 32.6 Å². The summed E-state index contributed by atoms with van der Waals surface area (Å²) in [7, 11) is 1.64. The van der Waals surface area contributed by atoms with Crippen molar-refractivity contribution in [2.24, 2.45) is 5.92 Å². The molecule has 1 fully saturated rings. The Balaban J connectivity index is 1.66. The van der Waals surface area contributed by atoms with Gasteiger partial charge >= 0.3 is 5.97 Å². The van der Waals surface area contributed by atoms with Crippen LogP contribution in [0.3, 0.4) is 0 Å². The Morgan fingerprint density at radius 2 is 1.90 bits per heavy atom. The summed E-state index contributed by atoms with van der Waals surface area (Å²) in [6.45, 7) is 3.68. The maximum absolute atomic E-state index is 12.5. The molecule has 1 heterocycles. The maximum Gasteiger partial charge on any atom is 0.309 e. The number of carbonyl (C=O) groups is 3. The molecular formula is C21H29BrN2O5. The van der Waals surface area contributed by atoms with Crippen molar-refractivity contribution in [1.29, 1.82) is 0 Å². The quantitative estimate of drug-likeness (QED) is 0.411. The Morgan fingerprint density at radius 3 is 2.55 bits per heavy atom. The van der Waals surface area contributed by atoms with Crippen LogP contribution in [0.5, 0.6) is 5.75 Å². The molecule has 1 aliphatic rings. The Kier molecular flexibility index (Phi) is 9.44. The highest BCUT2D eigenvalue weighted by molar-refractivity contribution is 9.10. The molecule has 7 nitrogen and oxygen atoms in total. The predicted molar refractivity (Wildman–Crippen MR) is 112 cm³/mol. The van der Waals surface area contributed by atoms with Crippen molar-refractivity contribution in [3.63, 3.8) is 0 Å². The number of piperidine rings is 1. The zero-order chi connectivity index (χ0) is 21.2. The molecule has 1 saturated heterocycles. The van der Waals surface area contributed by atoms with E-state index in [9.17, 15) is 14.4 Å². The molecular weight excluding hydrogens is 440 g/mol. The number of benzene rings is 1. The van der Waals surface area contributed by atoms with Crippen LogP contribution < -0.4 is 4.74 Å². The third-order valence-corrected chi connectivity index (χ3v) is 5.55. The van der Waals surface area contributed by atoms with E-state index >= 15 is 0 Å². The third kappa shape index (κ3) is 7.34. The number of para-hydroxylation sites is 1. The number of nitrogens with zero attached hydrogens (tertiary/aromatic N) is 2. The summed E-state index contributed by atoms with van der Waals surface area (Å²) in [5.74, 6) is 0.248. The largest absolute Gasteiger partial charge is 0.492 e. The Morgan fingerprint density at radius 1 is 1.21 bits per heavy atom. The minimum Gasteiger partial charge on any atom is -0.492 e. The number of esters is 1. The molecule has 0 bridgehead atoms. The molecule has 160 valence electrons. The molecule has 0 radical (unpaired) electrons. The zero-order valence-corrected chi connectivity index (χ0v) is 18.7. The van der Waals surface area contributed by atoms with E-state index in [0.29, 0.717) is 52.0 Å². The van der Waals surface area contributed by atoms with E-state index in [1.165, 1.54) is 4.90 Å². The van der Waals surface area contributed by atoms with Gasteiger partial charge in [0.1, 0.15) is 5.75 Å². The van der Waals surface area contributed by atoms with E-state index in [1.807, 2.05) is 24.3 Å². The molecule has 0 saturated carbocycles. The summed E-state index contributed by atoms with van der Waals surface area (Å²) < 4.78 is 11.6. The Bertz CT molecular complexity index is 704. The predicted octanol–water partition coefficient (Wildman–Crippen LogP) is 2.87. The maximum atomic E-state index is 12.5. The number of carbonyl (C=O) groups excluding carboxylic acids is 3. The number of amides is 2. The molecule has 0 aromatic heterocycles. The van der Waals surface area contributed by atoms with Gasteiger partial charge in [-0.1, -0.05) is 12.1 Å². The first-order valence-corrected chi connectivity index (χ1v) is 10.8. The fourth-order valence-electron chi connectivity index (χ4n) is 3.17. The normalized spacial score (nSPS) is 14.4. The Labute approximate surface area is 180 Å². The first-order chi connectivity index (χ1) is 13.9. The molecule has 1 aromatic carbocycles. The lowest BCUT2D eigenvalue weighted by Gasteiger charge is -2.32. The SMILES string of the molecule is CCOC(=O)C1CCN(C(=O)CN(C)C(=O)CCCOc2ccccc2Br)CC1. The van der Waals surface area contributed by atoms with Crippen LogP contribution in [0.25, 0.3) is 0 Å². The lowest BCUT2D eigenvalue weighted by molar-refractivity contribution is -0.151. The van der Waals surface area contributed by atoms with E-state index in [4.69, 9.17) is 9.47 Å². The van der Waals surface area contributed by atoms with Crippen LogP contribution in [0.2, 0.25) is 0 Å². The molecule has 1 aromatic rings. The third-order valence-electron chi connectivity index (χ3n) is 4.89. The van der Waals surface area contributed by atoms with Crippen molar-refractivity contribution in [2.75, 3.05) is 39.9 Å². The van der Waals surface area contributed by atoms with Gasteiger partial charge in [0, 0.05) is 26.6 Å². The first-order valence-electron chi connectivity index (χ1n) is 9.98. The first kappa shape index (κ1) is 23.2. The van der Waals surface area contributed by atoms with E-state index < -0.39 is 0 Å². The minimum absolute atomic E-state index is 0.0496. The van der Waals surface area contributed by atoms with E-state index in [2.05, 4.69) is 15.9 Å². The van der Waals surface area contributed by atoms with Gasteiger partial charge in [0.25, 0.3) is 0 Å². The summed E-state index contributed by atoms with van der Waals surface area (Å²) >= 11 is 3.42. The smallest absolute Gasteiger partial charge is 0.309 e. The minimum atomic E-state index is -0.184. The van der Waals surface area contributed by atoms with Crippen molar-refractivity contribution < 1.29 is 23.9 Å². The van der Waals surface area contributed by atoms with Crippen LogP contribution in [-0.2, 0) is 19.1 Å². The van der Waals surface area contributed by atoms with Gasteiger partial charge in [-0.25, -0.2) is 0 Å². The number of likely N-dealkylation sites (N-methyl/N-ethyl adjacent to an activating group) is 1. The number of ether oxygens (including phenoxy) is 2. The number of rotatable bonds is 9. The van der Waals surface area contributed by atoms with Crippen molar-refractivity contribution in [3.05, 3.63) is 28.7 Å². The van der Waals surface area contributed by atoms with E-state index in [0.717, 1.165) is 10.2 Å². The highest BCUT2D eigenvalue weighted by atomic mass is 79.9. The lowest BCUT2D eigenvalue weighted by atomic mass is 9.97. The number of hydrogen-bond acceptors (Lipinski definition) is 5. The van der Waals surface area contributed by atoms with Crippen LogP contribution in [0.4, 0.5) is 0 Å². The fourth-order valence-corrected chi connectivity index (χ4v) is 3.57. The van der Waals surface area contributed by atoms with Gasteiger partial charge in [-0.2, -0.15) is 0 Å². The molecule has 29 heavy (non-hydrogen) atoms. The average Bonchev–Trinajstić information content (AvgIpc) is 2.72. The second-order valence-corrected chi connectivity index (χ2v) is 7.89. The van der Waals surface area contributed by atoms with Gasteiger partial charge in [0.15, 0.2) is 0 Å². The summed E-state index contributed by atoms with van der Waals surface area (Å²) in [6, 6.07) is 7.56. The molecule has 0 unspecified atom stereocenters. The van der Waals surface area contributed by atoms with E-state index in [1.54, 1.807) is 18.9 Å². The fraction of sp³-hybridized carbons (Fsp3) is 0.571. The molecule has 2 amide bonds. The summed E-state index contributed by atoms with van der Waals surface area (Å²) in [6.07, 6.45) is 2.10. The highest BCUT2D eigenvalue weighted by Gasteiger charge is 2.28. The summed E-state index contributed by atoms with van der Waals surface area (Å²) in [5, 5.41) is 0. The van der Waals surface area contributed by atoms with E-state index in [-0.39, 0.29) is 30.2 Å². The zero-order valence-electron chi connectivity index (χ0n) is 17.1. The lowest BCUT2D eigenvalue weighted by Crippen LogP contribution is -2.45. The van der Waals surface area contributed by atoms with Crippen LogP contribution in [-0.4, -0.2) is 67.5 Å². The van der Waals surface area contributed by atoms with Crippen LogP contribution in [0, 0.1) is 5.92 Å². The van der Waals surface area contributed by atoms with Crippen LogP contribution in [0.15, 0.2) is 28.7 Å². The molecule has 8 heteroatoms. The summed E-state index contributed by atoms with van der Waals surface area (Å²) in [5.41, 5.74) is 0. The van der Waals surface area contributed by atoms with Crippen molar-refractivity contribution in [3.8, 4) is 5.75 Å². The number of likely N-dealkylation sites (tertiary alicyclic amines) is 1. The number of halogens is 1. The number of hydrogen-bond donors (Lipinski definition) is 0. The van der Waals surface area contributed by atoms with Gasteiger partial charge in [-0.15, -0.1) is 0 Å². The van der Waals surface area contributed by atoms with Crippen LogP contribution in [0.1, 0.15) is 32.6 Å². The molecule has 0 N–H and O–H groups in total. The molecule has 0 spiro atoms. The standard InChI is InChI=1S/C21H29BrN2O5/c1-3-28-21(27)16-10-12-24(13-11-16)20(26)15-23(2)19(25)9-6-14-29-18-8-5-4-7-17(18)22/h4-5,7-8,16H,3,6,9-15H2,1-2H3. The van der Waals surface area contributed by atoms with Crippen molar-refractivity contribution >= 4 is 33.7 Å². The highest BCUT2D eigenvalue weighted by Crippen LogP contribution is 2.24.